The summed E-state index contributed by atoms with van der Waals surface area (Å²) in [7, 11) is -0.222. The molecule has 160 valence electrons. The minimum absolute atomic E-state index is 0.0468. The van der Waals surface area contributed by atoms with E-state index in [1.165, 1.54) is 12.1 Å². The lowest BCUT2D eigenvalue weighted by Crippen LogP contribution is -2.43. The summed E-state index contributed by atoms with van der Waals surface area (Å²) >= 11 is 0. The molecule has 1 unspecified atom stereocenters. The van der Waals surface area contributed by atoms with Gasteiger partial charge in [0.15, 0.2) is 0 Å². The van der Waals surface area contributed by atoms with Crippen molar-refractivity contribution in [3.63, 3.8) is 0 Å². The van der Waals surface area contributed by atoms with Gasteiger partial charge in [-0.25, -0.2) is 13.1 Å². The van der Waals surface area contributed by atoms with Crippen LogP contribution in [-0.4, -0.2) is 76.3 Å². The number of nitrogens with one attached hydrogen (secondary N) is 2. The van der Waals surface area contributed by atoms with Crippen LogP contribution in [0.4, 0.5) is 0 Å². The van der Waals surface area contributed by atoms with Crippen LogP contribution in [0.25, 0.3) is 0 Å². The minimum Gasteiger partial charge on any atom is -0.349 e. The first-order chi connectivity index (χ1) is 13.8. The van der Waals surface area contributed by atoms with Gasteiger partial charge in [-0.2, -0.15) is 0 Å². The molecule has 0 bridgehead atoms. The molecule has 0 spiro atoms. The second-order valence-electron chi connectivity index (χ2n) is 7.20. The third kappa shape index (κ3) is 6.38. The Labute approximate surface area is 173 Å². The van der Waals surface area contributed by atoms with E-state index in [4.69, 9.17) is 0 Å². The highest BCUT2D eigenvalue weighted by atomic mass is 32.2. The Morgan fingerprint density at radius 1 is 1.34 bits per heavy atom. The molecule has 2 amide bonds. The standard InChI is InChI=1S/C20H30N4O4S/c1-4-11-21-19(25)16-8-5-9-17(15-16)29(27,28)22-12-7-14-24-13-6-10-18(24)20(26)23(2)3/h4-5,8-9,15,18,22H,1,6-7,10-14H2,2-3H3,(H,21,25). The number of likely N-dealkylation sites (N-methyl/N-ethyl adjacent to an activating group) is 1. The molecule has 9 heteroatoms. The van der Waals surface area contributed by atoms with Crippen LogP contribution in [0.15, 0.2) is 41.8 Å². The maximum absolute atomic E-state index is 12.5. The van der Waals surface area contributed by atoms with Gasteiger partial charge in [0, 0.05) is 39.3 Å². The first-order valence-corrected chi connectivity index (χ1v) is 11.2. The van der Waals surface area contributed by atoms with Gasteiger partial charge in [0.25, 0.3) is 5.91 Å². The van der Waals surface area contributed by atoms with Crippen molar-refractivity contribution in [2.75, 3.05) is 40.3 Å². The van der Waals surface area contributed by atoms with Gasteiger partial charge in [-0.15, -0.1) is 6.58 Å². The van der Waals surface area contributed by atoms with Crippen LogP contribution in [0.2, 0.25) is 0 Å². The van der Waals surface area contributed by atoms with Crippen molar-refractivity contribution in [1.29, 1.82) is 0 Å². The SMILES string of the molecule is C=CCNC(=O)c1cccc(S(=O)(=O)NCCCN2CCCC2C(=O)N(C)C)c1. The molecular formula is C20H30N4O4S. The minimum atomic E-state index is -3.72. The monoisotopic (exact) mass is 422 g/mol. The average molecular weight is 423 g/mol. The normalized spacial score (nSPS) is 17.1. The van der Waals surface area contributed by atoms with E-state index in [2.05, 4.69) is 21.5 Å². The summed E-state index contributed by atoms with van der Waals surface area (Å²) in [6.07, 6.45) is 3.95. The van der Waals surface area contributed by atoms with Gasteiger partial charge < -0.3 is 10.2 Å². The van der Waals surface area contributed by atoms with Crippen molar-refractivity contribution < 1.29 is 18.0 Å². The van der Waals surface area contributed by atoms with Crippen LogP contribution in [0.1, 0.15) is 29.6 Å². The van der Waals surface area contributed by atoms with E-state index in [0.29, 0.717) is 19.5 Å². The zero-order chi connectivity index (χ0) is 21.4. The van der Waals surface area contributed by atoms with E-state index in [1.54, 1.807) is 37.2 Å². The Morgan fingerprint density at radius 3 is 2.79 bits per heavy atom. The zero-order valence-corrected chi connectivity index (χ0v) is 17.9. The number of sulfonamides is 1. The molecule has 1 aliphatic heterocycles. The van der Waals surface area contributed by atoms with Crippen molar-refractivity contribution in [3.8, 4) is 0 Å². The Balaban J connectivity index is 1.89. The number of rotatable bonds is 10. The molecular weight excluding hydrogens is 392 g/mol. The summed E-state index contributed by atoms with van der Waals surface area (Å²) in [4.78, 5) is 28.0. The van der Waals surface area contributed by atoms with Crippen molar-refractivity contribution in [1.82, 2.24) is 19.8 Å². The van der Waals surface area contributed by atoms with E-state index in [1.807, 2.05) is 0 Å². The number of likely N-dealkylation sites (tertiary alicyclic amines) is 1. The van der Waals surface area contributed by atoms with Crippen molar-refractivity contribution in [3.05, 3.63) is 42.5 Å². The van der Waals surface area contributed by atoms with Crippen LogP contribution in [0.3, 0.4) is 0 Å². The van der Waals surface area contributed by atoms with Crippen LogP contribution in [0, 0.1) is 0 Å². The van der Waals surface area contributed by atoms with Gasteiger partial charge in [0.1, 0.15) is 0 Å². The first kappa shape index (κ1) is 23.1. The van der Waals surface area contributed by atoms with Crippen molar-refractivity contribution in [2.45, 2.75) is 30.2 Å². The van der Waals surface area contributed by atoms with Crippen LogP contribution in [-0.2, 0) is 14.8 Å². The number of carbonyl (C=O) groups excluding carboxylic acids is 2. The van der Waals surface area contributed by atoms with Gasteiger partial charge in [-0.1, -0.05) is 12.1 Å². The lowest BCUT2D eigenvalue weighted by molar-refractivity contribution is -0.133. The summed E-state index contributed by atoms with van der Waals surface area (Å²) in [6, 6.07) is 5.80. The Morgan fingerprint density at radius 2 is 2.10 bits per heavy atom. The summed E-state index contributed by atoms with van der Waals surface area (Å²) in [5.74, 6) is -0.262. The van der Waals surface area contributed by atoms with E-state index < -0.39 is 10.0 Å². The molecule has 1 aromatic carbocycles. The van der Waals surface area contributed by atoms with Crippen molar-refractivity contribution in [2.24, 2.45) is 0 Å². The molecule has 29 heavy (non-hydrogen) atoms. The smallest absolute Gasteiger partial charge is 0.251 e. The number of hydrogen-bond donors (Lipinski definition) is 2. The van der Waals surface area contributed by atoms with E-state index in [0.717, 1.165) is 19.4 Å². The molecule has 1 saturated heterocycles. The molecule has 0 aliphatic carbocycles. The molecule has 1 atom stereocenters. The summed E-state index contributed by atoms with van der Waals surface area (Å²) < 4.78 is 27.7. The maximum atomic E-state index is 12.5. The lowest BCUT2D eigenvalue weighted by atomic mass is 10.2. The number of carbonyl (C=O) groups is 2. The highest BCUT2D eigenvalue weighted by Gasteiger charge is 2.31. The molecule has 2 N–H and O–H groups in total. The molecule has 1 heterocycles. The Hall–Kier alpha value is -2.23. The first-order valence-electron chi connectivity index (χ1n) is 9.70. The molecule has 8 nitrogen and oxygen atoms in total. The van der Waals surface area contributed by atoms with Crippen molar-refractivity contribution >= 4 is 21.8 Å². The average Bonchev–Trinajstić information content (AvgIpc) is 3.17. The van der Waals surface area contributed by atoms with Crippen LogP contribution >= 0.6 is 0 Å². The Bertz CT molecular complexity index is 839. The lowest BCUT2D eigenvalue weighted by Gasteiger charge is -2.26. The second-order valence-corrected chi connectivity index (χ2v) is 8.97. The molecule has 1 aliphatic rings. The van der Waals surface area contributed by atoms with Crippen LogP contribution < -0.4 is 10.0 Å². The summed E-state index contributed by atoms with van der Waals surface area (Å²) in [5, 5.41) is 2.62. The molecule has 0 radical (unpaired) electrons. The number of amides is 2. The summed E-state index contributed by atoms with van der Waals surface area (Å²) in [5.41, 5.74) is 0.275. The van der Waals surface area contributed by atoms with Gasteiger partial charge in [0.05, 0.1) is 10.9 Å². The molecule has 2 rings (SSSR count). The van der Waals surface area contributed by atoms with Gasteiger partial charge >= 0.3 is 0 Å². The Kier molecular flexibility index (Phi) is 8.36. The number of nitrogens with zero attached hydrogens (tertiary/aromatic N) is 2. The van der Waals surface area contributed by atoms with Crippen LogP contribution in [0.5, 0.6) is 0 Å². The molecule has 0 saturated carbocycles. The zero-order valence-electron chi connectivity index (χ0n) is 17.1. The second kappa shape index (κ2) is 10.5. The molecule has 1 fully saturated rings. The third-order valence-electron chi connectivity index (χ3n) is 4.82. The summed E-state index contributed by atoms with van der Waals surface area (Å²) in [6.45, 7) is 5.59. The van der Waals surface area contributed by atoms with E-state index in [9.17, 15) is 18.0 Å². The number of hydrogen-bond acceptors (Lipinski definition) is 5. The van der Waals surface area contributed by atoms with Gasteiger partial charge in [0.2, 0.25) is 15.9 Å². The predicted molar refractivity (Wildman–Crippen MR) is 112 cm³/mol. The highest BCUT2D eigenvalue weighted by molar-refractivity contribution is 7.89. The molecule has 0 aromatic heterocycles. The maximum Gasteiger partial charge on any atom is 0.251 e. The highest BCUT2D eigenvalue weighted by Crippen LogP contribution is 2.19. The molecule has 1 aromatic rings. The fraction of sp³-hybridized carbons (Fsp3) is 0.500. The largest absolute Gasteiger partial charge is 0.349 e. The third-order valence-corrected chi connectivity index (χ3v) is 6.28. The fourth-order valence-corrected chi connectivity index (χ4v) is 4.43. The quantitative estimate of drug-likeness (QED) is 0.430. The van der Waals surface area contributed by atoms with Gasteiger partial charge in [-0.05, 0) is 44.0 Å². The predicted octanol–water partition coefficient (Wildman–Crippen LogP) is 0.823. The van der Waals surface area contributed by atoms with E-state index >= 15 is 0 Å². The van der Waals surface area contributed by atoms with E-state index in [-0.39, 0.29) is 34.9 Å². The number of benzene rings is 1. The fourth-order valence-electron chi connectivity index (χ4n) is 3.31. The topological polar surface area (TPSA) is 98.8 Å². The van der Waals surface area contributed by atoms with Gasteiger partial charge in [-0.3, -0.25) is 14.5 Å².